The molecule has 86 valence electrons. The summed E-state index contributed by atoms with van der Waals surface area (Å²) >= 11 is 0. The fourth-order valence-corrected chi connectivity index (χ4v) is 1.82. The third-order valence-electron chi connectivity index (χ3n) is 2.97. The van der Waals surface area contributed by atoms with E-state index in [2.05, 4.69) is 16.4 Å². The van der Waals surface area contributed by atoms with Crippen molar-refractivity contribution >= 4 is 6.09 Å². The summed E-state index contributed by atoms with van der Waals surface area (Å²) in [5.41, 5.74) is 1.30. The van der Waals surface area contributed by atoms with Crippen LogP contribution in [0.15, 0.2) is 24.5 Å². The lowest BCUT2D eigenvalue weighted by atomic mass is 9.98. The number of pyridine rings is 1. The molecule has 0 bridgehead atoms. The summed E-state index contributed by atoms with van der Waals surface area (Å²) in [5.74, 6) is 0. The van der Waals surface area contributed by atoms with Gasteiger partial charge in [0.1, 0.15) is 0 Å². The van der Waals surface area contributed by atoms with Gasteiger partial charge in [-0.25, -0.2) is 4.79 Å². The number of carbonyl (C=O) groups excluding carboxylic acids is 1. The SMILES string of the molecule is CCOC(=O)NCC1(c2cccnc2)CC1. The lowest BCUT2D eigenvalue weighted by Crippen LogP contribution is -2.32. The highest BCUT2D eigenvalue weighted by atomic mass is 16.5. The normalized spacial score (nSPS) is 16.6. The molecule has 0 saturated heterocycles. The van der Waals surface area contributed by atoms with Gasteiger partial charge in [-0.1, -0.05) is 6.07 Å². The molecule has 1 aliphatic rings. The number of alkyl carbamates (subject to hydrolysis) is 1. The molecule has 2 rings (SSSR count). The summed E-state index contributed by atoms with van der Waals surface area (Å²) < 4.78 is 4.84. The minimum absolute atomic E-state index is 0.0982. The van der Waals surface area contributed by atoms with Crippen LogP contribution >= 0.6 is 0 Å². The number of aromatic nitrogens is 1. The van der Waals surface area contributed by atoms with Crippen LogP contribution in [0.4, 0.5) is 4.79 Å². The number of nitrogens with zero attached hydrogens (tertiary/aromatic N) is 1. The van der Waals surface area contributed by atoms with E-state index in [1.807, 2.05) is 12.3 Å². The quantitative estimate of drug-likeness (QED) is 0.842. The molecular formula is C12H16N2O2. The first-order chi connectivity index (χ1) is 7.77. The lowest BCUT2D eigenvalue weighted by Gasteiger charge is -2.15. The number of nitrogens with one attached hydrogen (secondary N) is 1. The molecule has 1 amide bonds. The monoisotopic (exact) mass is 220 g/mol. The molecule has 0 radical (unpaired) electrons. The number of rotatable bonds is 4. The van der Waals surface area contributed by atoms with E-state index in [1.54, 1.807) is 13.1 Å². The summed E-state index contributed by atoms with van der Waals surface area (Å²) in [4.78, 5) is 15.3. The molecule has 4 nitrogen and oxygen atoms in total. The summed E-state index contributed by atoms with van der Waals surface area (Å²) in [6.45, 7) is 2.84. The highest BCUT2D eigenvalue weighted by Crippen LogP contribution is 2.47. The molecule has 1 aliphatic carbocycles. The lowest BCUT2D eigenvalue weighted by molar-refractivity contribution is 0.151. The minimum atomic E-state index is -0.335. The highest BCUT2D eigenvalue weighted by Gasteiger charge is 2.44. The van der Waals surface area contributed by atoms with Crippen LogP contribution in [0.25, 0.3) is 0 Å². The zero-order valence-electron chi connectivity index (χ0n) is 9.40. The van der Waals surface area contributed by atoms with E-state index in [4.69, 9.17) is 4.74 Å². The maximum absolute atomic E-state index is 11.2. The van der Waals surface area contributed by atoms with Gasteiger partial charge in [-0.05, 0) is 31.4 Å². The Bertz CT molecular complexity index is 361. The van der Waals surface area contributed by atoms with Gasteiger partial charge in [-0.15, -0.1) is 0 Å². The Morgan fingerprint density at radius 1 is 1.62 bits per heavy atom. The van der Waals surface area contributed by atoms with E-state index in [0.29, 0.717) is 13.2 Å². The smallest absolute Gasteiger partial charge is 0.407 e. The Balaban J connectivity index is 1.92. The second-order valence-corrected chi connectivity index (χ2v) is 4.10. The molecule has 16 heavy (non-hydrogen) atoms. The standard InChI is InChI=1S/C12H16N2O2/c1-2-16-11(15)14-9-12(5-6-12)10-4-3-7-13-8-10/h3-4,7-8H,2,5-6,9H2,1H3,(H,14,15). The van der Waals surface area contributed by atoms with Gasteiger partial charge in [0, 0.05) is 24.4 Å². The molecule has 1 N–H and O–H groups in total. The number of carbonyl (C=O) groups is 1. The van der Waals surface area contributed by atoms with Crippen molar-refractivity contribution in [3.05, 3.63) is 30.1 Å². The number of hydrogen-bond donors (Lipinski definition) is 1. The molecule has 1 aromatic rings. The molecule has 0 spiro atoms. The van der Waals surface area contributed by atoms with Crippen molar-refractivity contribution in [3.8, 4) is 0 Å². The third-order valence-corrected chi connectivity index (χ3v) is 2.97. The van der Waals surface area contributed by atoms with Gasteiger partial charge < -0.3 is 10.1 Å². The average molecular weight is 220 g/mol. The van der Waals surface area contributed by atoms with Gasteiger partial charge in [0.25, 0.3) is 0 Å². The Kier molecular flexibility index (Phi) is 3.08. The van der Waals surface area contributed by atoms with Crippen molar-refractivity contribution in [2.24, 2.45) is 0 Å². The van der Waals surface area contributed by atoms with E-state index < -0.39 is 0 Å². The zero-order chi connectivity index (χ0) is 11.4. The fraction of sp³-hybridized carbons (Fsp3) is 0.500. The van der Waals surface area contributed by atoms with E-state index in [0.717, 1.165) is 12.8 Å². The van der Waals surface area contributed by atoms with Crippen LogP contribution < -0.4 is 5.32 Å². The van der Waals surface area contributed by atoms with E-state index in [-0.39, 0.29) is 11.5 Å². The van der Waals surface area contributed by atoms with Crippen LogP contribution in [-0.2, 0) is 10.2 Å². The molecule has 0 aliphatic heterocycles. The zero-order valence-corrected chi connectivity index (χ0v) is 9.40. The van der Waals surface area contributed by atoms with Crippen molar-refractivity contribution in [1.29, 1.82) is 0 Å². The first-order valence-electron chi connectivity index (χ1n) is 5.58. The maximum Gasteiger partial charge on any atom is 0.407 e. The predicted octanol–water partition coefficient (Wildman–Crippen LogP) is 1.86. The number of ether oxygens (including phenoxy) is 1. The first-order valence-corrected chi connectivity index (χ1v) is 5.58. The molecule has 1 aromatic heterocycles. The van der Waals surface area contributed by atoms with Crippen LogP contribution in [0.1, 0.15) is 25.3 Å². The van der Waals surface area contributed by atoms with Crippen molar-refractivity contribution < 1.29 is 9.53 Å². The maximum atomic E-state index is 11.2. The number of amides is 1. The first kappa shape index (κ1) is 10.9. The average Bonchev–Trinajstić information content (AvgIpc) is 3.09. The van der Waals surface area contributed by atoms with Gasteiger partial charge in [0.05, 0.1) is 6.61 Å². The Hall–Kier alpha value is -1.58. The van der Waals surface area contributed by atoms with Crippen molar-refractivity contribution in [1.82, 2.24) is 10.3 Å². The molecule has 1 heterocycles. The third kappa shape index (κ3) is 2.32. The largest absolute Gasteiger partial charge is 0.450 e. The highest BCUT2D eigenvalue weighted by molar-refractivity contribution is 5.67. The van der Waals surface area contributed by atoms with Crippen molar-refractivity contribution in [3.63, 3.8) is 0 Å². The number of hydrogen-bond acceptors (Lipinski definition) is 3. The van der Waals surface area contributed by atoms with Gasteiger partial charge in [-0.2, -0.15) is 0 Å². The molecule has 0 unspecified atom stereocenters. The summed E-state index contributed by atoms with van der Waals surface area (Å²) in [6.07, 6.45) is 5.51. The van der Waals surface area contributed by atoms with Crippen LogP contribution in [0.5, 0.6) is 0 Å². The second-order valence-electron chi connectivity index (χ2n) is 4.10. The summed E-state index contributed by atoms with van der Waals surface area (Å²) in [7, 11) is 0. The van der Waals surface area contributed by atoms with Gasteiger partial charge in [0.2, 0.25) is 0 Å². The second kappa shape index (κ2) is 4.51. The van der Waals surface area contributed by atoms with Crippen LogP contribution in [0.2, 0.25) is 0 Å². The molecule has 1 fully saturated rings. The Morgan fingerprint density at radius 2 is 2.44 bits per heavy atom. The Labute approximate surface area is 95.0 Å². The van der Waals surface area contributed by atoms with E-state index >= 15 is 0 Å². The Morgan fingerprint density at radius 3 is 3.00 bits per heavy atom. The van der Waals surface area contributed by atoms with Gasteiger partial charge in [-0.3, -0.25) is 4.98 Å². The summed E-state index contributed by atoms with van der Waals surface area (Å²) in [6, 6.07) is 3.99. The van der Waals surface area contributed by atoms with Crippen LogP contribution in [0, 0.1) is 0 Å². The molecule has 0 aromatic carbocycles. The van der Waals surface area contributed by atoms with E-state index in [9.17, 15) is 4.79 Å². The molecule has 1 saturated carbocycles. The van der Waals surface area contributed by atoms with Gasteiger partial charge in [0.15, 0.2) is 0 Å². The molecule has 4 heteroatoms. The molecule has 0 atom stereocenters. The predicted molar refractivity (Wildman–Crippen MR) is 60.2 cm³/mol. The fourth-order valence-electron chi connectivity index (χ4n) is 1.82. The topological polar surface area (TPSA) is 51.2 Å². The minimum Gasteiger partial charge on any atom is -0.450 e. The van der Waals surface area contributed by atoms with Gasteiger partial charge >= 0.3 is 6.09 Å². The van der Waals surface area contributed by atoms with Crippen LogP contribution in [-0.4, -0.2) is 24.2 Å². The van der Waals surface area contributed by atoms with Crippen molar-refractivity contribution in [2.45, 2.75) is 25.2 Å². The summed E-state index contributed by atoms with van der Waals surface area (Å²) in [5, 5.41) is 2.80. The molecular weight excluding hydrogens is 204 g/mol. The van der Waals surface area contributed by atoms with Crippen molar-refractivity contribution in [2.75, 3.05) is 13.2 Å². The van der Waals surface area contributed by atoms with Crippen LogP contribution in [0.3, 0.4) is 0 Å². The van der Waals surface area contributed by atoms with E-state index in [1.165, 1.54) is 5.56 Å².